The molecule has 0 saturated carbocycles. The Morgan fingerprint density at radius 3 is 2.79 bits per heavy atom. The number of hydrogen-bond acceptors (Lipinski definition) is 4. The predicted molar refractivity (Wildman–Crippen MR) is 65.9 cm³/mol. The molecular weight excluding hydrogens is 254 g/mol. The van der Waals surface area contributed by atoms with Crippen LogP contribution in [-0.4, -0.2) is 24.4 Å². The first-order chi connectivity index (χ1) is 9.15. The highest BCUT2D eigenvalue weighted by molar-refractivity contribution is 5.06. The topological polar surface area (TPSA) is 47.3 Å². The Balaban J connectivity index is 1.71. The molecule has 1 atom stereocenters. The van der Waals surface area contributed by atoms with Crippen molar-refractivity contribution < 1.29 is 18.0 Å². The number of nitrogens with one attached hydrogen (secondary N) is 1. The van der Waals surface area contributed by atoms with E-state index in [4.69, 9.17) is 4.74 Å². The van der Waals surface area contributed by atoms with Gasteiger partial charge >= 0.3 is 0 Å². The standard InChI is InChI=1S/C13H20F2N2O2/c1-9(6-10-2-4-18-5-3-10)16-8-11-7-12(13(14)15)19-17-11/h7,9-10,13,16H,2-6,8H2,1H3. The summed E-state index contributed by atoms with van der Waals surface area (Å²) in [6, 6.07) is 1.63. The average molecular weight is 274 g/mol. The van der Waals surface area contributed by atoms with E-state index in [0.29, 0.717) is 24.2 Å². The molecule has 0 amide bonds. The van der Waals surface area contributed by atoms with E-state index in [1.165, 1.54) is 6.07 Å². The van der Waals surface area contributed by atoms with E-state index >= 15 is 0 Å². The van der Waals surface area contributed by atoms with Gasteiger partial charge in [0.2, 0.25) is 5.76 Å². The van der Waals surface area contributed by atoms with Crippen molar-refractivity contribution >= 4 is 0 Å². The highest BCUT2D eigenvalue weighted by atomic mass is 19.3. The zero-order valence-corrected chi connectivity index (χ0v) is 11.1. The largest absolute Gasteiger partial charge is 0.381 e. The van der Waals surface area contributed by atoms with E-state index in [1.54, 1.807) is 0 Å². The summed E-state index contributed by atoms with van der Waals surface area (Å²) in [4.78, 5) is 0. The first-order valence-corrected chi connectivity index (χ1v) is 6.70. The van der Waals surface area contributed by atoms with Crippen molar-refractivity contribution in [1.29, 1.82) is 0 Å². The lowest BCUT2D eigenvalue weighted by Crippen LogP contribution is -2.30. The fourth-order valence-corrected chi connectivity index (χ4v) is 2.36. The van der Waals surface area contributed by atoms with Crippen LogP contribution >= 0.6 is 0 Å². The lowest BCUT2D eigenvalue weighted by atomic mass is 9.93. The zero-order chi connectivity index (χ0) is 13.7. The Labute approximate surface area is 111 Å². The Morgan fingerprint density at radius 1 is 1.42 bits per heavy atom. The normalized spacial score (nSPS) is 18.9. The molecule has 108 valence electrons. The molecule has 1 unspecified atom stereocenters. The van der Waals surface area contributed by atoms with Gasteiger partial charge in [0.1, 0.15) is 0 Å². The summed E-state index contributed by atoms with van der Waals surface area (Å²) in [7, 11) is 0. The van der Waals surface area contributed by atoms with Gasteiger partial charge in [0, 0.05) is 31.9 Å². The first-order valence-electron chi connectivity index (χ1n) is 6.70. The van der Waals surface area contributed by atoms with Crippen molar-refractivity contribution in [3.8, 4) is 0 Å². The van der Waals surface area contributed by atoms with Crippen molar-refractivity contribution in [2.45, 2.75) is 45.2 Å². The van der Waals surface area contributed by atoms with Crippen LogP contribution in [0.2, 0.25) is 0 Å². The van der Waals surface area contributed by atoms with E-state index in [9.17, 15) is 8.78 Å². The second-order valence-corrected chi connectivity index (χ2v) is 5.09. The highest BCUT2D eigenvalue weighted by Gasteiger charge is 2.18. The van der Waals surface area contributed by atoms with E-state index in [1.807, 2.05) is 0 Å². The van der Waals surface area contributed by atoms with Gasteiger partial charge in [-0.2, -0.15) is 0 Å². The molecule has 0 bridgehead atoms. The number of alkyl halides is 2. The Bertz CT molecular complexity index is 378. The van der Waals surface area contributed by atoms with Crippen LogP contribution in [0.1, 0.15) is 44.1 Å². The minimum Gasteiger partial charge on any atom is -0.381 e. The molecule has 6 heteroatoms. The van der Waals surface area contributed by atoms with Gasteiger partial charge in [-0.05, 0) is 32.1 Å². The number of rotatable bonds is 6. The van der Waals surface area contributed by atoms with E-state index in [2.05, 4.69) is 21.9 Å². The third-order valence-corrected chi connectivity index (χ3v) is 3.45. The maximum Gasteiger partial charge on any atom is 0.298 e. The van der Waals surface area contributed by atoms with Gasteiger partial charge in [-0.25, -0.2) is 8.78 Å². The summed E-state index contributed by atoms with van der Waals surface area (Å²) in [5, 5.41) is 6.91. The molecule has 1 aromatic heterocycles. The van der Waals surface area contributed by atoms with E-state index in [-0.39, 0.29) is 5.76 Å². The summed E-state index contributed by atoms with van der Waals surface area (Å²) in [5.74, 6) is 0.319. The summed E-state index contributed by atoms with van der Waals surface area (Å²) in [6.07, 6.45) is 0.681. The third-order valence-electron chi connectivity index (χ3n) is 3.45. The molecule has 2 rings (SSSR count). The molecule has 1 fully saturated rings. The van der Waals surface area contributed by atoms with Gasteiger partial charge in [0.05, 0.1) is 5.69 Å². The smallest absolute Gasteiger partial charge is 0.298 e. The molecule has 1 aliphatic rings. The molecular formula is C13H20F2N2O2. The number of halogens is 2. The van der Waals surface area contributed by atoms with Crippen LogP contribution in [0.3, 0.4) is 0 Å². The Hall–Kier alpha value is -1.01. The molecule has 1 N–H and O–H groups in total. The second-order valence-electron chi connectivity index (χ2n) is 5.09. The molecule has 0 radical (unpaired) electrons. The van der Waals surface area contributed by atoms with Crippen molar-refractivity contribution in [1.82, 2.24) is 10.5 Å². The van der Waals surface area contributed by atoms with E-state index < -0.39 is 6.43 Å². The number of nitrogens with zero attached hydrogens (tertiary/aromatic N) is 1. The number of ether oxygens (including phenoxy) is 1. The van der Waals surface area contributed by atoms with Gasteiger partial charge in [-0.15, -0.1) is 0 Å². The summed E-state index contributed by atoms with van der Waals surface area (Å²) >= 11 is 0. The van der Waals surface area contributed by atoms with Gasteiger partial charge in [0.15, 0.2) is 0 Å². The van der Waals surface area contributed by atoms with Gasteiger partial charge < -0.3 is 14.6 Å². The lowest BCUT2D eigenvalue weighted by Gasteiger charge is -2.25. The molecule has 0 aliphatic carbocycles. The van der Waals surface area contributed by atoms with Crippen LogP contribution in [0.15, 0.2) is 10.6 Å². The molecule has 1 aromatic rings. The predicted octanol–water partition coefficient (Wildman–Crippen LogP) is 2.91. The zero-order valence-electron chi connectivity index (χ0n) is 11.1. The Kier molecular flexibility index (Phi) is 5.27. The van der Waals surface area contributed by atoms with Crippen LogP contribution in [0, 0.1) is 5.92 Å². The number of aromatic nitrogens is 1. The lowest BCUT2D eigenvalue weighted by molar-refractivity contribution is 0.0611. The van der Waals surface area contributed by atoms with Crippen LogP contribution in [0.5, 0.6) is 0 Å². The van der Waals surface area contributed by atoms with Crippen molar-refractivity contribution in [3.63, 3.8) is 0 Å². The van der Waals surface area contributed by atoms with Crippen LogP contribution < -0.4 is 5.32 Å². The SMILES string of the molecule is CC(CC1CCOCC1)NCc1cc(C(F)F)on1. The third kappa shape index (κ3) is 4.54. The van der Waals surface area contributed by atoms with Crippen molar-refractivity contribution in [2.75, 3.05) is 13.2 Å². The van der Waals surface area contributed by atoms with Gasteiger partial charge in [0.25, 0.3) is 6.43 Å². The monoisotopic (exact) mass is 274 g/mol. The minimum absolute atomic E-state index is 0.329. The van der Waals surface area contributed by atoms with Crippen molar-refractivity contribution in [2.24, 2.45) is 5.92 Å². The molecule has 19 heavy (non-hydrogen) atoms. The van der Waals surface area contributed by atoms with E-state index in [0.717, 1.165) is 32.5 Å². The van der Waals surface area contributed by atoms with Crippen LogP contribution in [0.4, 0.5) is 8.78 Å². The van der Waals surface area contributed by atoms with Gasteiger partial charge in [-0.1, -0.05) is 5.16 Å². The second kappa shape index (κ2) is 6.96. The fraction of sp³-hybridized carbons (Fsp3) is 0.769. The summed E-state index contributed by atoms with van der Waals surface area (Å²) < 4.78 is 34.5. The fourth-order valence-electron chi connectivity index (χ4n) is 2.36. The maximum absolute atomic E-state index is 12.3. The number of hydrogen-bond donors (Lipinski definition) is 1. The van der Waals surface area contributed by atoms with Crippen molar-refractivity contribution in [3.05, 3.63) is 17.5 Å². The van der Waals surface area contributed by atoms with Crippen LogP contribution in [0.25, 0.3) is 0 Å². The molecule has 0 aromatic carbocycles. The quantitative estimate of drug-likeness (QED) is 0.866. The highest BCUT2D eigenvalue weighted by Crippen LogP contribution is 2.21. The summed E-state index contributed by atoms with van der Waals surface area (Å²) in [6.45, 7) is 4.25. The summed E-state index contributed by atoms with van der Waals surface area (Å²) in [5.41, 5.74) is 0.522. The van der Waals surface area contributed by atoms with Gasteiger partial charge in [-0.3, -0.25) is 0 Å². The molecule has 0 spiro atoms. The molecule has 1 saturated heterocycles. The maximum atomic E-state index is 12.3. The molecule has 2 heterocycles. The molecule has 4 nitrogen and oxygen atoms in total. The van der Waals surface area contributed by atoms with Crippen LogP contribution in [-0.2, 0) is 11.3 Å². The average Bonchev–Trinajstić information content (AvgIpc) is 2.86. The minimum atomic E-state index is -2.60. The first kappa shape index (κ1) is 14.4. The molecule has 1 aliphatic heterocycles. The Morgan fingerprint density at radius 2 is 2.16 bits per heavy atom.